The summed E-state index contributed by atoms with van der Waals surface area (Å²) in [5.41, 5.74) is 1.82. The lowest BCUT2D eigenvalue weighted by Gasteiger charge is -2.41. The van der Waals surface area contributed by atoms with Gasteiger partial charge in [0.25, 0.3) is 0 Å². The first-order valence-electron chi connectivity index (χ1n) is 13.5. The highest BCUT2D eigenvalue weighted by Gasteiger charge is 2.33. The van der Waals surface area contributed by atoms with Crippen LogP contribution in [0.4, 0.5) is 13.6 Å². The summed E-state index contributed by atoms with van der Waals surface area (Å²) in [6, 6.07) is 11.8. The first-order valence-corrected chi connectivity index (χ1v) is 13.5. The van der Waals surface area contributed by atoms with Crippen LogP contribution in [0.5, 0.6) is 0 Å². The number of hydrogen-bond donors (Lipinski definition) is 1. The highest BCUT2D eigenvalue weighted by Crippen LogP contribution is 2.30. The minimum absolute atomic E-state index is 0.0547. The molecule has 0 spiro atoms. The summed E-state index contributed by atoms with van der Waals surface area (Å²) in [6.45, 7) is 9.27. The second kappa shape index (κ2) is 12.7. The Kier molecular flexibility index (Phi) is 9.33. The molecule has 0 bridgehead atoms. The van der Waals surface area contributed by atoms with Crippen LogP contribution in [-0.4, -0.2) is 97.0 Å². The molecule has 206 valence electrons. The molecule has 7 nitrogen and oxygen atoms in total. The van der Waals surface area contributed by atoms with Crippen molar-refractivity contribution >= 4 is 11.9 Å². The van der Waals surface area contributed by atoms with Crippen LogP contribution in [0.15, 0.2) is 48.5 Å². The van der Waals surface area contributed by atoms with E-state index in [1.807, 2.05) is 11.9 Å². The van der Waals surface area contributed by atoms with Gasteiger partial charge in [-0.05, 0) is 54.8 Å². The molecule has 3 amide bonds. The lowest BCUT2D eigenvalue weighted by Crippen LogP contribution is -2.58. The lowest BCUT2D eigenvalue weighted by atomic mass is 9.96. The van der Waals surface area contributed by atoms with Crippen LogP contribution in [0.1, 0.15) is 37.4 Å². The van der Waals surface area contributed by atoms with Crippen molar-refractivity contribution in [2.45, 2.75) is 32.4 Å². The largest absolute Gasteiger partial charge is 0.338 e. The number of benzene rings is 2. The standard InChI is InChI=1S/C29H39F2N5O2/c1-21(2)20-26(32-29(38)36-14-12-33(3)13-15-36)28(37)35-18-16-34(17-19-35)27(22-4-8-24(30)9-5-22)23-6-10-25(31)11-7-23/h4-11,21,26-27H,12-20H2,1-3H3,(H,32,38)/t26-/m1/s1. The quantitative estimate of drug-likeness (QED) is 0.598. The van der Waals surface area contributed by atoms with Gasteiger partial charge in [0, 0.05) is 52.4 Å². The van der Waals surface area contributed by atoms with Crippen LogP contribution in [0.25, 0.3) is 0 Å². The van der Waals surface area contributed by atoms with Gasteiger partial charge in [-0.2, -0.15) is 0 Å². The Morgan fingerprint density at radius 3 is 1.71 bits per heavy atom. The fourth-order valence-corrected chi connectivity index (χ4v) is 5.27. The van der Waals surface area contributed by atoms with Gasteiger partial charge in [-0.1, -0.05) is 38.1 Å². The Hall–Kier alpha value is -3.04. The van der Waals surface area contributed by atoms with Crippen molar-refractivity contribution in [2.24, 2.45) is 5.92 Å². The van der Waals surface area contributed by atoms with Gasteiger partial charge < -0.3 is 20.0 Å². The smallest absolute Gasteiger partial charge is 0.318 e. The summed E-state index contributed by atoms with van der Waals surface area (Å²) in [5.74, 6) is -0.422. The van der Waals surface area contributed by atoms with E-state index < -0.39 is 6.04 Å². The highest BCUT2D eigenvalue weighted by atomic mass is 19.1. The zero-order valence-corrected chi connectivity index (χ0v) is 22.6. The molecule has 0 aliphatic carbocycles. The van der Waals surface area contributed by atoms with E-state index in [1.165, 1.54) is 24.3 Å². The average Bonchev–Trinajstić information content (AvgIpc) is 2.90. The Balaban J connectivity index is 1.43. The monoisotopic (exact) mass is 527 g/mol. The number of hydrogen-bond acceptors (Lipinski definition) is 4. The molecule has 4 rings (SSSR count). The van der Waals surface area contributed by atoms with E-state index in [1.54, 1.807) is 29.2 Å². The van der Waals surface area contributed by atoms with E-state index >= 15 is 0 Å². The first-order chi connectivity index (χ1) is 18.2. The van der Waals surface area contributed by atoms with Crippen LogP contribution < -0.4 is 5.32 Å². The van der Waals surface area contributed by atoms with Crippen molar-refractivity contribution in [1.29, 1.82) is 0 Å². The molecular weight excluding hydrogens is 488 g/mol. The Labute approximate surface area is 224 Å². The summed E-state index contributed by atoms with van der Waals surface area (Å²) in [7, 11) is 2.04. The molecule has 1 N–H and O–H groups in total. The molecule has 1 atom stereocenters. The van der Waals surface area contributed by atoms with Gasteiger partial charge >= 0.3 is 6.03 Å². The van der Waals surface area contributed by atoms with Gasteiger partial charge in [-0.3, -0.25) is 9.69 Å². The number of rotatable bonds is 7. The van der Waals surface area contributed by atoms with Gasteiger partial charge in [0.2, 0.25) is 5.91 Å². The van der Waals surface area contributed by atoms with Gasteiger partial charge in [0.05, 0.1) is 6.04 Å². The number of halogens is 2. The maximum absolute atomic E-state index is 13.6. The third-order valence-electron chi connectivity index (χ3n) is 7.46. The van der Waals surface area contributed by atoms with Crippen LogP contribution in [0.3, 0.4) is 0 Å². The summed E-state index contributed by atoms with van der Waals surface area (Å²) in [4.78, 5) is 34.6. The molecule has 2 saturated heterocycles. The maximum atomic E-state index is 13.6. The molecular formula is C29H39F2N5O2. The molecule has 0 unspecified atom stereocenters. The second-order valence-corrected chi connectivity index (χ2v) is 10.8. The predicted octanol–water partition coefficient (Wildman–Crippen LogP) is 3.57. The van der Waals surface area contributed by atoms with Crippen LogP contribution in [0, 0.1) is 17.6 Å². The van der Waals surface area contributed by atoms with E-state index in [2.05, 4.69) is 29.0 Å². The van der Waals surface area contributed by atoms with Gasteiger partial charge in [-0.25, -0.2) is 13.6 Å². The number of nitrogens with zero attached hydrogens (tertiary/aromatic N) is 4. The molecule has 0 saturated carbocycles. The van der Waals surface area contributed by atoms with E-state index in [4.69, 9.17) is 0 Å². The normalized spacial score (nSPS) is 18.2. The van der Waals surface area contributed by atoms with Crippen molar-refractivity contribution in [2.75, 3.05) is 59.4 Å². The Morgan fingerprint density at radius 1 is 0.763 bits per heavy atom. The van der Waals surface area contributed by atoms with E-state index in [-0.39, 0.29) is 35.5 Å². The van der Waals surface area contributed by atoms with Gasteiger partial charge in [-0.15, -0.1) is 0 Å². The van der Waals surface area contributed by atoms with Crippen LogP contribution in [0.2, 0.25) is 0 Å². The third kappa shape index (κ3) is 7.08. The molecule has 38 heavy (non-hydrogen) atoms. The molecule has 2 aromatic rings. The zero-order valence-electron chi connectivity index (χ0n) is 22.6. The summed E-state index contributed by atoms with van der Waals surface area (Å²) >= 11 is 0. The minimum atomic E-state index is -0.571. The Morgan fingerprint density at radius 2 is 1.24 bits per heavy atom. The average molecular weight is 528 g/mol. The van der Waals surface area contributed by atoms with E-state index in [9.17, 15) is 18.4 Å². The minimum Gasteiger partial charge on any atom is -0.338 e. The van der Waals surface area contributed by atoms with Crippen molar-refractivity contribution in [3.63, 3.8) is 0 Å². The SMILES string of the molecule is CC(C)C[C@@H](NC(=O)N1CCN(C)CC1)C(=O)N1CCN(C(c2ccc(F)cc2)c2ccc(F)cc2)CC1. The molecule has 0 aromatic heterocycles. The third-order valence-corrected chi connectivity index (χ3v) is 7.46. The molecule has 9 heteroatoms. The molecule has 2 aromatic carbocycles. The highest BCUT2D eigenvalue weighted by molar-refractivity contribution is 5.87. The summed E-state index contributed by atoms with van der Waals surface area (Å²) < 4.78 is 27.3. The predicted molar refractivity (Wildman–Crippen MR) is 144 cm³/mol. The number of piperazine rings is 2. The second-order valence-electron chi connectivity index (χ2n) is 10.8. The fraction of sp³-hybridized carbons (Fsp3) is 0.517. The maximum Gasteiger partial charge on any atom is 0.318 e. The number of nitrogens with one attached hydrogen (secondary N) is 1. The lowest BCUT2D eigenvalue weighted by molar-refractivity contribution is -0.135. The van der Waals surface area contributed by atoms with Crippen molar-refractivity contribution in [3.8, 4) is 0 Å². The zero-order chi connectivity index (χ0) is 27.2. The van der Waals surface area contributed by atoms with Gasteiger partial charge in [0.1, 0.15) is 17.7 Å². The molecule has 2 aliphatic rings. The number of likely N-dealkylation sites (N-methyl/N-ethyl adjacent to an activating group) is 1. The molecule has 0 radical (unpaired) electrons. The Bertz CT molecular complexity index is 1020. The number of carbonyl (C=O) groups excluding carboxylic acids is 2. The van der Waals surface area contributed by atoms with Gasteiger partial charge in [0.15, 0.2) is 0 Å². The summed E-state index contributed by atoms with van der Waals surface area (Å²) in [5, 5.41) is 3.02. The topological polar surface area (TPSA) is 59.1 Å². The van der Waals surface area contributed by atoms with E-state index in [0.29, 0.717) is 45.7 Å². The number of urea groups is 1. The van der Waals surface area contributed by atoms with Crippen molar-refractivity contribution in [1.82, 2.24) is 24.9 Å². The van der Waals surface area contributed by atoms with Crippen LogP contribution >= 0.6 is 0 Å². The van der Waals surface area contributed by atoms with E-state index in [0.717, 1.165) is 24.2 Å². The van der Waals surface area contributed by atoms with Crippen molar-refractivity contribution in [3.05, 3.63) is 71.3 Å². The number of amides is 3. The van der Waals surface area contributed by atoms with Crippen LogP contribution in [-0.2, 0) is 4.79 Å². The first kappa shape index (κ1) is 28.0. The van der Waals surface area contributed by atoms with Crippen molar-refractivity contribution < 1.29 is 18.4 Å². The molecule has 2 heterocycles. The molecule has 2 aliphatic heterocycles. The fourth-order valence-electron chi connectivity index (χ4n) is 5.27. The summed E-state index contributed by atoms with van der Waals surface area (Å²) in [6.07, 6.45) is 0.576. The molecule has 2 fully saturated rings. The number of carbonyl (C=O) groups is 2.